The number of amides is 1. The van der Waals surface area contributed by atoms with Crippen molar-refractivity contribution in [2.24, 2.45) is 0 Å². The molecule has 1 atom stereocenters. The number of sulfone groups is 1. The zero-order valence-electron chi connectivity index (χ0n) is 11.1. The summed E-state index contributed by atoms with van der Waals surface area (Å²) in [4.78, 5) is 24.4. The van der Waals surface area contributed by atoms with Crippen LogP contribution in [0.25, 0.3) is 0 Å². The Morgan fingerprint density at radius 1 is 1.29 bits per heavy atom. The van der Waals surface area contributed by atoms with Gasteiger partial charge in [-0.3, -0.25) is 4.79 Å². The Morgan fingerprint density at radius 2 is 1.95 bits per heavy atom. The molecule has 1 aromatic carbocycles. The van der Waals surface area contributed by atoms with Crippen LogP contribution in [0, 0.1) is 0 Å². The second-order valence-electron chi connectivity index (χ2n) is 4.60. The summed E-state index contributed by atoms with van der Waals surface area (Å²) in [6.07, 6.45) is -0.207. The average molecular weight is 329 g/mol. The molecule has 0 saturated carbocycles. The number of carbonyl (C=O) groups is 2. The van der Waals surface area contributed by atoms with Gasteiger partial charge in [0.15, 0.2) is 9.84 Å². The molecule has 1 aliphatic heterocycles. The molecule has 1 aromatic rings. The summed E-state index contributed by atoms with van der Waals surface area (Å²) in [5.41, 5.74) is 0. The highest BCUT2D eigenvalue weighted by Crippen LogP contribution is 2.22. The Balaban J connectivity index is 2.00. The summed E-state index contributed by atoms with van der Waals surface area (Å²) >= 11 is 1.35. The second kappa shape index (κ2) is 6.48. The highest BCUT2D eigenvalue weighted by atomic mass is 32.2. The van der Waals surface area contributed by atoms with Gasteiger partial charge in [0.2, 0.25) is 5.91 Å². The van der Waals surface area contributed by atoms with Crippen LogP contribution >= 0.6 is 11.8 Å². The van der Waals surface area contributed by atoms with E-state index in [4.69, 9.17) is 5.11 Å². The van der Waals surface area contributed by atoms with Gasteiger partial charge in [0.25, 0.3) is 0 Å². The van der Waals surface area contributed by atoms with Gasteiger partial charge >= 0.3 is 5.97 Å². The Kier molecular flexibility index (Phi) is 4.89. The summed E-state index contributed by atoms with van der Waals surface area (Å²) < 4.78 is 24.1. The van der Waals surface area contributed by atoms with Crippen LogP contribution < -0.4 is 0 Å². The third kappa shape index (κ3) is 3.76. The summed E-state index contributed by atoms with van der Waals surface area (Å²) in [5, 5.41) is 9.01. The summed E-state index contributed by atoms with van der Waals surface area (Å²) in [6, 6.07) is 7.04. The van der Waals surface area contributed by atoms with Crippen molar-refractivity contribution in [3.8, 4) is 0 Å². The fourth-order valence-electron chi connectivity index (χ4n) is 2.00. The van der Waals surface area contributed by atoms with E-state index in [1.165, 1.54) is 28.8 Å². The maximum Gasteiger partial charge on any atom is 0.327 e. The van der Waals surface area contributed by atoms with Crippen molar-refractivity contribution in [3.05, 3.63) is 30.3 Å². The van der Waals surface area contributed by atoms with E-state index in [0.29, 0.717) is 11.6 Å². The van der Waals surface area contributed by atoms with Crippen molar-refractivity contribution < 1.29 is 23.1 Å². The van der Waals surface area contributed by atoms with Gasteiger partial charge < -0.3 is 10.0 Å². The highest BCUT2D eigenvalue weighted by molar-refractivity contribution is 7.99. The topological polar surface area (TPSA) is 91.8 Å². The number of carbonyl (C=O) groups excluding carboxylic acids is 1. The van der Waals surface area contributed by atoms with Crippen molar-refractivity contribution >= 4 is 33.5 Å². The molecule has 1 amide bonds. The normalized spacial score (nSPS) is 18.7. The molecule has 0 bridgehead atoms. The molecule has 21 heavy (non-hydrogen) atoms. The minimum Gasteiger partial charge on any atom is -0.480 e. The molecule has 0 spiro atoms. The molecule has 114 valence electrons. The predicted octanol–water partition coefficient (Wildman–Crippen LogP) is 0.836. The smallest absolute Gasteiger partial charge is 0.327 e. The number of rotatable bonds is 5. The first kappa shape index (κ1) is 15.8. The van der Waals surface area contributed by atoms with Gasteiger partial charge in [-0.15, -0.1) is 11.8 Å². The van der Waals surface area contributed by atoms with Crippen molar-refractivity contribution in [1.82, 2.24) is 4.90 Å². The van der Waals surface area contributed by atoms with E-state index >= 15 is 0 Å². The van der Waals surface area contributed by atoms with E-state index in [9.17, 15) is 18.0 Å². The molecule has 8 heteroatoms. The molecule has 1 heterocycles. The van der Waals surface area contributed by atoms with Crippen molar-refractivity contribution in [1.29, 1.82) is 0 Å². The van der Waals surface area contributed by atoms with Crippen LogP contribution in [-0.2, 0) is 19.4 Å². The zero-order chi connectivity index (χ0) is 15.5. The lowest BCUT2D eigenvalue weighted by atomic mass is 10.3. The lowest BCUT2D eigenvalue weighted by Gasteiger charge is -2.20. The fraction of sp³-hybridized carbons (Fsp3) is 0.385. The van der Waals surface area contributed by atoms with E-state index in [-0.39, 0.29) is 17.1 Å². The summed E-state index contributed by atoms with van der Waals surface area (Å²) in [6.45, 7) is 0. The Hall–Kier alpha value is -1.54. The molecule has 0 radical (unpaired) electrons. The molecule has 1 N–H and O–H groups in total. The number of carboxylic acids is 1. The number of thioether (sulfide) groups is 1. The monoisotopic (exact) mass is 329 g/mol. The van der Waals surface area contributed by atoms with Crippen molar-refractivity contribution in [2.75, 3.05) is 17.4 Å². The molecule has 6 nitrogen and oxygen atoms in total. The largest absolute Gasteiger partial charge is 0.480 e. The van der Waals surface area contributed by atoms with Crippen LogP contribution in [0.2, 0.25) is 0 Å². The molecule has 1 saturated heterocycles. The standard InChI is InChI=1S/C13H15NO5S2/c15-12(14-9-20-8-11(14)13(16)17)6-7-21(18,19)10-4-2-1-3-5-10/h1-5,11H,6-9H2,(H,16,17). The van der Waals surface area contributed by atoms with E-state index < -0.39 is 27.8 Å². The van der Waals surface area contributed by atoms with Crippen LogP contribution in [0.4, 0.5) is 0 Å². The molecule has 0 aliphatic carbocycles. The van der Waals surface area contributed by atoms with Gasteiger partial charge in [0, 0.05) is 12.2 Å². The fourth-order valence-corrected chi connectivity index (χ4v) is 4.43. The SMILES string of the molecule is O=C(O)C1CSCN1C(=O)CCS(=O)(=O)c1ccccc1. The van der Waals surface area contributed by atoms with Crippen LogP contribution in [-0.4, -0.2) is 53.7 Å². The summed E-state index contributed by atoms with van der Waals surface area (Å²) in [7, 11) is -3.52. The zero-order valence-corrected chi connectivity index (χ0v) is 12.8. The maximum absolute atomic E-state index is 12.1. The van der Waals surface area contributed by atoms with E-state index in [0.717, 1.165) is 0 Å². The summed E-state index contributed by atoms with van der Waals surface area (Å²) in [5.74, 6) is -1.18. The third-order valence-electron chi connectivity index (χ3n) is 3.17. The Bertz CT molecular complexity index is 629. The van der Waals surface area contributed by atoms with E-state index in [2.05, 4.69) is 0 Å². The third-order valence-corrected chi connectivity index (χ3v) is 5.92. The van der Waals surface area contributed by atoms with Crippen molar-refractivity contribution in [3.63, 3.8) is 0 Å². The van der Waals surface area contributed by atoms with Gasteiger partial charge in [0.05, 0.1) is 16.5 Å². The van der Waals surface area contributed by atoms with Crippen molar-refractivity contribution in [2.45, 2.75) is 17.4 Å². The molecule has 0 aromatic heterocycles. The Morgan fingerprint density at radius 3 is 2.57 bits per heavy atom. The minimum absolute atomic E-state index is 0.170. The predicted molar refractivity (Wildman–Crippen MR) is 78.7 cm³/mol. The maximum atomic E-state index is 12.1. The molecular weight excluding hydrogens is 314 g/mol. The molecule has 2 rings (SSSR count). The first-order valence-corrected chi connectivity index (χ1v) is 9.10. The lowest BCUT2D eigenvalue weighted by Crippen LogP contribution is -2.42. The number of benzene rings is 1. The van der Waals surface area contributed by atoms with Gasteiger partial charge in [0.1, 0.15) is 6.04 Å². The highest BCUT2D eigenvalue weighted by Gasteiger charge is 2.34. The van der Waals surface area contributed by atoms with Gasteiger partial charge in [-0.2, -0.15) is 0 Å². The van der Waals surface area contributed by atoms with Gasteiger partial charge in [-0.25, -0.2) is 13.2 Å². The van der Waals surface area contributed by atoms with Crippen LogP contribution in [0.5, 0.6) is 0 Å². The quantitative estimate of drug-likeness (QED) is 0.860. The number of hydrogen-bond acceptors (Lipinski definition) is 5. The first-order valence-electron chi connectivity index (χ1n) is 6.29. The Labute approximate surface area is 127 Å². The number of aliphatic carboxylic acids is 1. The number of carboxylic acid groups (broad SMARTS) is 1. The second-order valence-corrected chi connectivity index (χ2v) is 7.71. The van der Waals surface area contributed by atoms with Crippen LogP contribution in [0.3, 0.4) is 0 Å². The van der Waals surface area contributed by atoms with Gasteiger partial charge in [-0.05, 0) is 12.1 Å². The number of hydrogen-bond donors (Lipinski definition) is 1. The molecule has 1 fully saturated rings. The molecule has 1 unspecified atom stereocenters. The average Bonchev–Trinajstić information content (AvgIpc) is 2.95. The van der Waals surface area contributed by atoms with Crippen LogP contribution in [0.1, 0.15) is 6.42 Å². The molecular formula is C13H15NO5S2. The minimum atomic E-state index is -3.52. The van der Waals surface area contributed by atoms with E-state index in [1.54, 1.807) is 18.2 Å². The number of nitrogens with zero attached hydrogens (tertiary/aromatic N) is 1. The van der Waals surface area contributed by atoms with Crippen LogP contribution in [0.15, 0.2) is 35.2 Å². The van der Waals surface area contributed by atoms with Gasteiger partial charge in [-0.1, -0.05) is 18.2 Å². The molecule has 1 aliphatic rings. The lowest BCUT2D eigenvalue weighted by molar-refractivity contribution is -0.147. The van der Waals surface area contributed by atoms with E-state index in [1.807, 2.05) is 0 Å². The first-order chi connectivity index (χ1) is 9.92.